The average molecular weight is 395 g/mol. The summed E-state index contributed by atoms with van der Waals surface area (Å²) in [6, 6.07) is 12.7. The summed E-state index contributed by atoms with van der Waals surface area (Å²) in [5.74, 6) is 0.693. The smallest absolute Gasteiger partial charge is 0.321 e. The normalized spacial score (nSPS) is 17.2. The van der Waals surface area contributed by atoms with Crippen molar-refractivity contribution >= 4 is 33.2 Å². The van der Waals surface area contributed by atoms with Crippen molar-refractivity contribution in [1.29, 1.82) is 0 Å². The molecule has 3 rings (SSSR count). The van der Waals surface area contributed by atoms with E-state index in [0.717, 1.165) is 0 Å². The van der Waals surface area contributed by atoms with Gasteiger partial charge in [-0.2, -0.15) is 0 Å². The predicted octanol–water partition coefficient (Wildman–Crippen LogP) is 3.43. The van der Waals surface area contributed by atoms with E-state index in [1.807, 2.05) is 0 Å². The average Bonchev–Trinajstić information content (AvgIpc) is 3.14. The molecule has 8 heteroatoms. The fourth-order valence-electron chi connectivity index (χ4n) is 2.86. The molecule has 0 aromatic heterocycles. The monoisotopic (exact) mass is 394 g/mol. The first-order chi connectivity index (χ1) is 12.4. The molecule has 1 unspecified atom stereocenters. The molecule has 0 radical (unpaired) electrons. The summed E-state index contributed by atoms with van der Waals surface area (Å²) in [4.78, 5) is 14.1. The third-order valence-corrected chi connectivity index (χ3v) is 6.80. The van der Waals surface area contributed by atoms with E-state index in [1.165, 1.54) is 17.0 Å². The van der Waals surface area contributed by atoms with Crippen LogP contribution in [0.15, 0.2) is 53.4 Å². The molecule has 0 bridgehead atoms. The molecule has 0 aliphatic carbocycles. The number of ether oxygens (including phenoxy) is 1. The van der Waals surface area contributed by atoms with Gasteiger partial charge in [0.25, 0.3) is 0 Å². The van der Waals surface area contributed by atoms with Gasteiger partial charge in [-0.05, 0) is 55.0 Å². The molecule has 0 saturated carbocycles. The lowest BCUT2D eigenvalue weighted by molar-refractivity contribution is 0.222. The van der Waals surface area contributed by atoms with Crippen LogP contribution in [0.5, 0.6) is 5.75 Å². The number of halogens is 1. The molecule has 138 valence electrons. The van der Waals surface area contributed by atoms with Gasteiger partial charge in [0.05, 0.1) is 17.3 Å². The van der Waals surface area contributed by atoms with Gasteiger partial charge in [-0.25, -0.2) is 13.2 Å². The maximum absolute atomic E-state index is 12.7. The Morgan fingerprint density at radius 3 is 2.42 bits per heavy atom. The Hall–Kier alpha value is -2.25. The zero-order valence-electron chi connectivity index (χ0n) is 14.2. The molecule has 1 aliphatic heterocycles. The van der Waals surface area contributed by atoms with Crippen molar-refractivity contribution in [3.8, 4) is 5.75 Å². The first kappa shape index (κ1) is 18.5. The van der Waals surface area contributed by atoms with Gasteiger partial charge in [0.1, 0.15) is 5.75 Å². The van der Waals surface area contributed by atoms with Crippen LogP contribution in [0, 0.1) is 0 Å². The number of urea groups is 1. The fraction of sp³-hybridized carbons (Fsp3) is 0.278. The standard InChI is InChI=1S/C18H19ClN2O4S/c1-25-15-6-4-14(5-7-15)20-18(22)21-11-10-17(12-21)26(23,24)16-8-2-13(19)3-9-16/h2-9,17H,10-12H2,1H3,(H,20,22). The second kappa shape index (κ2) is 7.55. The maximum atomic E-state index is 12.7. The van der Waals surface area contributed by atoms with Crippen LogP contribution in [0.3, 0.4) is 0 Å². The van der Waals surface area contributed by atoms with Crippen LogP contribution in [0.2, 0.25) is 5.02 Å². The molecule has 1 aliphatic rings. The Balaban J connectivity index is 1.65. The Morgan fingerprint density at radius 2 is 1.81 bits per heavy atom. The molecular formula is C18H19ClN2O4S. The van der Waals surface area contributed by atoms with Crippen molar-refractivity contribution in [2.45, 2.75) is 16.6 Å². The second-order valence-corrected chi connectivity index (χ2v) is 8.68. The molecule has 1 fully saturated rings. The van der Waals surface area contributed by atoms with Gasteiger partial charge in [0.15, 0.2) is 9.84 Å². The molecule has 1 saturated heterocycles. The number of carbonyl (C=O) groups excluding carboxylic acids is 1. The zero-order valence-corrected chi connectivity index (χ0v) is 15.8. The van der Waals surface area contributed by atoms with Crippen molar-refractivity contribution in [2.75, 3.05) is 25.5 Å². The number of benzene rings is 2. The van der Waals surface area contributed by atoms with Crippen LogP contribution in [-0.2, 0) is 9.84 Å². The lowest BCUT2D eigenvalue weighted by atomic mass is 10.3. The first-order valence-corrected chi connectivity index (χ1v) is 10.0. The van der Waals surface area contributed by atoms with Crippen LogP contribution < -0.4 is 10.1 Å². The Labute approximate surface area is 157 Å². The summed E-state index contributed by atoms with van der Waals surface area (Å²) >= 11 is 5.82. The Morgan fingerprint density at radius 1 is 1.15 bits per heavy atom. The topological polar surface area (TPSA) is 75.7 Å². The molecule has 2 aromatic rings. The van der Waals surface area contributed by atoms with E-state index >= 15 is 0 Å². The second-order valence-electron chi connectivity index (χ2n) is 6.01. The number of likely N-dealkylation sites (tertiary alicyclic amines) is 1. The number of nitrogens with zero attached hydrogens (tertiary/aromatic N) is 1. The minimum Gasteiger partial charge on any atom is -0.497 e. The van der Waals surface area contributed by atoms with Crippen LogP contribution in [0.1, 0.15) is 6.42 Å². The third kappa shape index (κ3) is 3.94. The SMILES string of the molecule is COc1ccc(NC(=O)N2CCC(S(=O)(=O)c3ccc(Cl)cc3)C2)cc1. The van der Waals surface area contributed by atoms with Gasteiger partial charge < -0.3 is 15.0 Å². The van der Waals surface area contributed by atoms with Crippen molar-refractivity contribution in [3.63, 3.8) is 0 Å². The maximum Gasteiger partial charge on any atom is 0.321 e. The summed E-state index contributed by atoms with van der Waals surface area (Å²) in [7, 11) is -1.93. The van der Waals surface area contributed by atoms with Crippen molar-refractivity contribution in [3.05, 3.63) is 53.6 Å². The first-order valence-electron chi connectivity index (χ1n) is 8.09. The number of amides is 2. The van der Waals surface area contributed by atoms with E-state index in [1.54, 1.807) is 43.5 Å². The van der Waals surface area contributed by atoms with E-state index in [2.05, 4.69) is 5.32 Å². The summed E-state index contributed by atoms with van der Waals surface area (Å²) < 4.78 is 30.5. The van der Waals surface area contributed by atoms with Gasteiger partial charge in [-0.15, -0.1) is 0 Å². The lowest BCUT2D eigenvalue weighted by Gasteiger charge is -2.18. The van der Waals surface area contributed by atoms with E-state index in [9.17, 15) is 13.2 Å². The highest BCUT2D eigenvalue weighted by molar-refractivity contribution is 7.92. The Bertz CT molecular complexity index is 882. The quantitative estimate of drug-likeness (QED) is 0.861. The van der Waals surface area contributed by atoms with Gasteiger partial charge in [-0.1, -0.05) is 11.6 Å². The fourth-order valence-corrected chi connectivity index (χ4v) is 4.68. The number of hydrogen-bond donors (Lipinski definition) is 1. The van der Waals surface area contributed by atoms with E-state index in [0.29, 0.717) is 29.4 Å². The van der Waals surface area contributed by atoms with Crippen molar-refractivity contribution in [1.82, 2.24) is 4.90 Å². The highest BCUT2D eigenvalue weighted by atomic mass is 35.5. The van der Waals surface area contributed by atoms with Gasteiger partial charge in [0.2, 0.25) is 0 Å². The van der Waals surface area contributed by atoms with E-state index in [-0.39, 0.29) is 17.5 Å². The third-order valence-electron chi connectivity index (χ3n) is 4.35. The molecule has 26 heavy (non-hydrogen) atoms. The molecule has 1 N–H and O–H groups in total. The minimum absolute atomic E-state index is 0.160. The van der Waals surface area contributed by atoms with Crippen LogP contribution >= 0.6 is 11.6 Å². The molecular weight excluding hydrogens is 376 g/mol. The largest absolute Gasteiger partial charge is 0.497 e. The highest BCUT2D eigenvalue weighted by Gasteiger charge is 2.36. The van der Waals surface area contributed by atoms with Crippen LogP contribution in [-0.4, -0.2) is 44.8 Å². The number of methoxy groups -OCH3 is 1. The molecule has 0 spiro atoms. The van der Waals surface area contributed by atoms with Crippen molar-refractivity contribution < 1.29 is 17.9 Å². The lowest BCUT2D eigenvalue weighted by Crippen LogP contribution is -2.35. The highest BCUT2D eigenvalue weighted by Crippen LogP contribution is 2.25. The Kier molecular flexibility index (Phi) is 5.38. The summed E-state index contributed by atoms with van der Waals surface area (Å²) in [5.41, 5.74) is 0.625. The van der Waals surface area contributed by atoms with Crippen LogP contribution in [0.4, 0.5) is 10.5 Å². The van der Waals surface area contributed by atoms with Crippen LogP contribution in [0.25, 0.3) is 0 Å². The number of carbonyl (C=O) groups is 1. The summed E-state index contributed by atoms with van der Waals surface area (Å²) in [5, 5.41) is 2.64. The van der Waals surface area contributed by atoms with Gasteiger partial charge >= 0.3 is 6.03 Å². The molecule has 2 aromatic carbocycles. The van der Waals surface area contributed by atoms with Crippen molar-refractivity contribution in [2.24, 2.45) is 0 Å². The van der Waals surface area contributed by atoms with E-state index < -0.39 is 15.1 Å². The summed E-state index contributed by atoms with van der Waals surface area (Å²) in [6.45, 7) is 0.548. The number of hydrogen-bond acceptors (Lipinski definition) is 4. The van der Waals surface area contributed by atoms with E-state index in [4.69, 9.17) is 16.3 Å². The zero-order chi connectivity index (χ0) is 18.7. The predicted molar refractivity (Wildman–Crippen MR) is 101 cm³/mol. The minimum atomic E-state index is -3.50. The number of anilines is 1. The van der Waals surface area contributed by atoms with Gasteiger partial charge in [-0.3, -0.25) is 0 Å². The molecule has 1 heterocycles. The summed E-state index contributed by atoms with van der Waals surface area (Å²) in [6.07, 6.45) is 0.404. The number of sulfone groups is 1. The molecule has 6 nitrogen and oxygen atoms in total. The number of nitrogens with one attached hydrogen (secondary N) is 1. The molecule has 1 atom stereocenters. The van der Waals surface area contributed by atoms with Gasteiger partial charge in [0, 0.05) is 23.8 Å². The number of rotatable bonds is 4. The molecule has 2 amide bonds.